The van der Waals surface area contributed by atoms with Gasteiger partial charge in [-0.05, 0) is 50.5 Å². The van der Waals surface area contributed by atoms with Crippen molar-refractivity contribution in [2.24, 2.45) is 5.92 Å². The smallest absolute Gasteiger partial charge is 0.321 e. The Morgan fingerprint density at radius 1 is 1.26 bits per heavy atom. The van der Waals surface area contributed by atoms with Crippen LogP contribution in [0.1, 0.15) is 39.0 Å². The predicted molar refractivity (Wildman–Crippen MR) is 94.9 cm³/mol. The average Bonchev–Trinajstić information content (AvgIpc) is 3.20. The van der Waals surface area contributed by atoms with Gasteiger partial charge in [0.2, 0.25) is 0 Å². The fourth-order valence-corrected chi connectivity index (χ4v) is 4.63. The van der Waals surface area contributed by atoms with Crippen LogP contribution in [-0.2, 0) is 0 Å². The van der Waals surface area contributed by atoms with Gasteiger partial charge in [-0.1, -0.05) is 12.8 Å². The third-order valence-electron chi connectivity index (χ3n) is 4.90. The molecule has 1 saturated heterocycles. The van der Waals surface area contributed by atoms with Gasteiger partial charge in [-0.25, -0.2) is 4.79 Å². The Labute approximate surface area is 142 Å². The van der Waals surface area contributed by atoms with Gasteiger partial charge in [0.1, 0.15) is 0 Å². The number of nitrogens with zero attached hydrogens (tertiary/aromatic N) is 1. The van der Waals surface area contributed by atoms with E-state index in [2.05, 4.69) is 17.4 Å². The van der Waals surface area contributed by atoms with Crippen LogP contribution in [0.4, 0.5) is 10.5 Å². The third-order valence-corrected chi connectivity index (χ3v) is 6.25. The highest BCUT2D eigenvalue weighted by Gasteiger charge is 2.29. The van der Waals surface area contributed by atoms with Crippen molar-refractivity contribution < 1.29 is 9.90 Å². The van der Waals surface area contributed by atoms with Crippen LogP contribution in [0.3, 0.4) is 0 Å². The lowest BCUT2D eigenvalue weighted by Gasteiger charge is -2.18. The topological polar surface area (TPSA) is 52.6 Å². The number of hydrogen-bond donors (Lipinski definition) is 2. The molecule has 2 amide bonds. The summed E-state index contributed by atoms with van der Waals surface area (Å²) in [6.45, 7) is 3.16. The number of urea groups is 1. The molecule has 1 aromatic carbocycles. The van der Waals surface area contributed by atoms with Gasteiger partial charge in [0.05, 0.1) is 6.10 Å². The van der Waals surface area contributed by atoms with E-state index < -0.39 is 0 Å². The maximum atomic E-state index is 12.3. The Morgan fingerprint density at radius 3 is 2.57 bits per heavy atom. The Morgan fingerprint density at radius 2 is 1.96 bits per heavy atom. The molecule has 0 aromatic heterocycles. The lowest BCUT2D eigenvalue weighted by Crippen LogP contribution is -2.34. The van der Waals surface area contributed by atoms with Gasteiger partial charge < -0.3 is 15.3 Å². The van der Waals surface area contributed by atoms with E-state index >= 15 is 0 Å². The molecular formula is C18H26N2O2S. The van der Waals surface area contributed by atoms with Gasteiger partial charge in [-0.2, -0.15) is 0 Å². The predicted octanol–water partition coefficient (Wildman–Crippen LogP) is 3.96. The Balaban J connectivity index is 1.50. The maximum Gasteiger partial charge on any atom is 0.321 e. The van der Waals surface area contributed by atoms with Crippen molar-refractivity contribution in [2.75, 3.05) is 18.4 Å². The Bertz CT molecular complexity index is 526. The van der Waals surface area contributed by atoms with Crippen LogP contribution >= 0.6 is 11.8 Å². The number of hydrogen-bond acceptors (Lipinski definition) is 3. The minimum absolute atomic E-state index is 0.0654. The molecule has 2 atom stereocenters. The number of benzene rings is 1. The summed E-state index contributed by atoms with van der Waals surface area (Å²) in [4.78, 5) is 15.3. The molecule has 4 nitrogen and oxygen atoms in total. The molecule has 1 saturated carbocycles. The second-order valence-corrected chi connectivity index (χ2v) is 8.09. The molecule has 1 aliphatic heterocycles. The number of amides is 2. The lowest BCUT2D eigenvalue weighted by atomic mass is 10.0. The highest BCUT2D eigenvalue weighted by Crippen LogP contribution is 2.35. The first-order valence-electron chi connectivity index (χ1n) is 8.62. The normalized spacial score (nSPS) is 23.2. The largest absolute Gasteiger partial charge is 0.393 e. The van der Waals surface area contributed by atoms with Crippen molar-refractivity contribution in [1.82, 2.24) is 4.90 Å². The van der Waals surface area contributed by atoms with Gasteiger partial charge in [0, 0.05) is 34.8 Å². The molecule has 2 N–H and O–H groups in total. The minimum atomic E-state index is -0.348. The van der Waals surface area contributed by atoms with Crippen LogP contribution in [-0.4, -0.2) is 40.5 Å². The van der Waals surface area contributed by atoms with Crippen molar-refractivity contribution >= 4 is 23.5 Å². The third kappa shape index (κ3) is 4.42. The Kier molecular flexibility index (Phi) is 5.49. The Hall–Kier alpha value is -1.20. The number of aliphatic hydroxyl groups is 1. The van der Waals surface area contributed by atoms with Crippen molar-refractivity contribution in [2.45, 2.75) is 55.3 Å². The first kappa shape index (κ1) is 16.7. The number of likely N-dealkylation sites (tertiary alicyclic amines) is 1. The van der Waals surface area contributed by atoms with Crippen molar-refractivity contribution in [1.29, 1.82) is 0 Å². The van der Waals surface area contributed by atoms with Gasteiger partial charge in [0.25, 0.3) is 0 Å². The fraction of sp³-hybridized carbons (Fsp3) is 0.611. The highest BCUT2D eigenvalue weighted by molar-refractivity contribution is 8.00. The number of rotatable bonds is 4. The molecule has 1 aliphatic carbocycles. The lowest BCUT2D eigenvalue weighted by molar-refractivity contribution is 0.130. The van der Waals surface area contributed by atoms with Crippen LogP contribution in [0, 0.1) is 5.92 Å². The summed E-state index contributed by atoms with van der Waals surface area (Å²) in [5, 5.41) is 13.4. The van der Waals surface area contributed by atoms with Gasteiger partial charge in [0.15, 0.2) is 0 Å². The minimum Gasteiger partial charge on any atom is -0.393 e. The van der Waals surface area contributed by atoms with E-state index in [-0.39, 0.29) is 18.1 Å². The molecule has 126 valence electrons. The molecule has 23 heavy (non-hydrogen) atoms. The van der Waals surface area contributed by atoms with E-state index in [9.17, 15) is 9.90 Å². The summed E-state index contributed by atoms with van der Waals surface area (Å²) >= 11 is 1.96. The molecule has 2 fully saturated rings. The maximum absolute atomic E-state index is 12.3. The molecule has 1 aromatic rings. The zero-order valence-electron chi connectivity index (χ0n) is 13.7. The molecule has 0 unspecified atom stereocenters. The number of carbonyl (C=O) groups is 1. The summed E-state index contributed by atoms with van der Waals surface area (Å²) in [6, 6.07) is 8.10. The number of thioether (sulfide) groups is 1. The quantitative estimate of drug-likeness (QED) is 0.876. The molecular weight excluding hydrogens is 308 g/mol. The zero-order valence-corrected chi connectivity index (χ0v) is 14.5. The number of carbonyl (C=O) groups excluding carboxylic acids is 1. The number of aliphatic hydroxyl groups excluding tert-OH is 1. The van der Waals surface area contributed by atoms with E-state index in [1.807, 2.05) is 23.9 Å². The second-order valence-electron chi connectivity index (χ2n) is 6.71. The molecule has 1 heterocycles. The van der Waals surface area contributed by atoms with E-state index in [4.69, 9.17) is 0 Å². The van der Waals surface area contributed by atoms with Crippen molar-refractivity contribution in [3.8, 4) is 0 Å². The molecule has 3 rings (SSSR count). The first-order valence-corrected chi connectivity index (χ1v) is 9.50. The van der Waals surface area contributed by atoms with Gasteiger partial charge >= 0.3 is 6.03 Å². The monoisotopic (exact) mass is 334 g/mol. The molecule has 0 spiro atoms. The molecule has 0 radical (unpaired) electrons. The summed E-state index contributed by atoms with van der Waals surface area (Å²) in [5.74, 6) is 0.200. The van der Waals surface area contributed by atoms with Crippen LogP contribution < -0.4 is 5.32 Å². The second kappa shape index (κ2) is 7.58. The fourth-order valence-electron chi connectivity index (χ4n) is 3.38. The SMILES string of the molecule is C[C@@H](O)[C@H]1CCN(C(=O)Nc2ccc(SC3CCCC3)cc2)C1. The molecule has 2 aliphatic rings. The van der Waals surface area contributed by atoms with Crippen molar-refractivity contribution in [3.05, 3.63) is 24.3 Å². The highest BCUT2D eigenvalue weighted by atomic mass is 32.2. The molecule has 5 heteroatoms. The number of nitrogens with one attached hydrogen (secondary N) is 1. The average molecular weight is 334 g/mol. The molecule has 0 bridgehead atoms. The van der Waals surface area contributed by atoms with Crippen LogP contribution in [0.15, 0.2) is 29.2 Å². The van der Waals surface area contributed by atoms with E-state index in [0.29, 0.717) is 6.54 Å². The van der Waals surface area contributed by atoms with Crippen LogP contribution in [0.25, 0.3) is 0 Å². The van der Waals surface area contributed by atoms with Crippen LogP contribution in [0.2, 0.25) is 0 Å². The summed E-state index contributed by atoms with van der Waals surface area (Å²) in [6.07, 6.45) is 5.89. The van der Waals surface area contributed by atoms with E-state index in [1.54, 1.807) is 11.8 Å². The van der Waals surface area contributed by atoms with E-state index in [1.165, 1.54) is 30.6 Å². The van der Waals surface area contributed by atoms with E-state index in [0.717, 1.165) is 23.9 Å². The van der Waals surface area contributed by atoms with Gasteiger partial charge in [-0.15, -0.1) is 11.8 Å². The summed E-state index contributed by atoms with van der Waals surface area (Å²) < 4.78 is 0. The van der Waals surface area contributed by atoms with Crippen molar-refractivity contribution in [3.63, 3.8) is 0 Å². The van der Waals surface area contributed by atoms with Gasteiger partial charge in [-0.3, -0.25) is 0 Å². The standard InChI is InChI=1S/C18H26N2O2S/c1-13(21)14-10-11-20(12-14)18(22)19-15-6-8-17(9-7-15)23-16-4-2-3-5-16/h6-9,13-14,16,21H,2-5,10-12H2,1H3,(H,19,22)/t13-,14+/m1/s1. The summed E-state index contributed by atoms with van der Waals surface area (Å²) in [5.41, 5.74) is 0.839. The number of anilines is 1. The summed E-state index contributed by atoms with van der Waals surface area (Å²) in [7, 11) is 0. The zero-order chi connectivity index (χ0) is 16.2. The van der Waals surface area contributed by atoms with Crippen LogP contribution in [0.5, 0.6) is 0 Å². The first-order chi connectivity index (χ1) is 11.1.